The van der Waals surface area contributed by atoms with Crippen LogP contribution >= 0.6 is 0 Å². The van der Waals surface area contributed by atoms with E-state index in [-0.39, 0.29) is 18.6 Å². The van der Waals surface area contributed by atoms with E-state index in [1.54, 1.807) is 11.8 Å². The highest BCUT2D eigenvalue weighted by Gasteiger charge is 2.35. The van der Waals surface area contributed by atoms with Gasteiger partial charge in [-0.15, -0.1) is 0 Å². The lowest BCUT2D eigenvalue weighted by Gasteiger charge is -2.39. The van der Waals surface area contributed by atoms with Crippen molar-refractivity contribution in [3.63, 3.8) is 0 Å². The first-order chi connectivity index (χ1) is 9.83. The Morgan fingerprint density at radius 3 is 2.67 bits per heavy atom. The van der Waals surface area contributed by atoms with Gasteiger partial charge in [-0.25, -0.2) is 4.79 Å². The van der Waals surface area contributed by atoms with Crippen LogP contribution in [0.1, 0.15) is 26.2 Å². The zero-order chi connectivity index (χ0) is 15.9. The monoisotopic (exact) mass is 306 g/mol. The second-order valence-electron chi connectivity index (χ2n) is 5.23. The van der Waals surface area contributed by atoms with Gasteiger partial charge in [0.2, 0.25) is 0 Å². The van der Waals surface area contributed by atoms with E-state index in [1.807, 2.05) is 6.07 Å². The predicted molar refractivity (Wildman–Crippen MR) is 71.5 cm³/mol. The largest absolute Gasteiger partial charge is 0.401 e. The molecule has 0 aliphatic carbocycles. The summed E-state index contributed by atoms with van der Waals surface area (Å²) in [5, 5.41) is 11.1. The first kappa shape index (κ1) is 17.6. The van der Waals surface area contributed by atoms with Crippen LogP contribution in [0.3, 0.4) is 0 Å². The van der Waals surface area contributed by atoms with Crippen LogP contribution < -0.4 is 5.32 Å². The molecule has 5 nitrogen and oxygen atoms in total. The van der Waals surface area contributed by atoms with Crippen molar-refractivity contribution in [1.82, 2.24) is 15.1 Å². The van der Waals surface area contributed by atoms with Crippen molar-refractivity contribution in [2.45, 2.75) is 38.4 Å². The van der Waals surface area contributed by atoms with Crippen molar-refractivity contribution in [3.8, 4) is 6.07 Å². The zero-order valence-electron chi connectivity index (χ0n) is 12.1. The van der Waals surface area contributed by atoms with Crippen LogP contribution in [0, 0.1) is 11.3 Å². The van der Waals surface area contributed by atoms with Crippen LogP contribution in [0.25, 0.3) is 0 Å². The Balaban J connectivity index is 2.30. The molecule has 0 radical (unpaired) electrons. The third-order valence-electron chi connectivity index (χ3n) is 3.43. The number of nitrogens with one attached hydrogen (secondary N) is 1. The van der Waals surface area contributed by atoms with Gasteiger partial charge in [0.1, 0.15) is 0 Å². The molecule has 1 unspecified atom stereocenters. The SMILES string of the molecule is CC1CN(C(=O)NCCCCC#N)CCN1CC(F)(F)F. The molecule has 0 spiro atoms. The standard InChI is InChI=1S/C13H21F3N4O/c1-11-9-19(7-8-20(11)10-13(14,15)16)12(21)18-6-4-2-3-5-17/h11H,2-4,6-10H2,1H3,(H,18,21). The van der Waals surface area contributed by atoms with Crippen molar-refractivity contribution in [1.29, 1.82) is 5.26 Å². The summed E-state index contributed by atoms with van der Waals surface area (Å²) in [6.07, 6.45) is -2.29. The van der Waals surface area contributed by atoms with Gasteiger partial charge in [-0.2, -0.15) is 18.4 Å². The molecule has 1 fully saturated rings. The lowest BCUT2D eigenvalue weighted by Crippen LogP contribution is -2.57. The summed E-state index contributed by atoms with van der Waals surface area (Å²) >= 11 is 0. The van der Waals surface area contributed by atoms with E-state index in [0.717, 1.165) is 12.8 Å². The van der Waals surface area contributed by atoms with E-state index in [9.17, 15) is 18.0 Å². The lowest BCUT2D eigenvalue weighted by atomic mass is 10.2. The van der Waals surface area contributed by atoms with Crippen LogP contribution in [0.5, 0.6) is 0 Å². The van der Waals surface area contributed by atoms with Gasteiger partial charge in [-0.1, -0.05) is 0 Å². The summed E-state index contributed by atoms with van der Waals surface area (Å²) in [4.78, 5) is 14.8. The van der Waals surface area contributed by atoms with Crippen LogP contribution in [-0.4, -0.2) is 60.8 Å². The number of urea groups is 1. The van der Waals surface area contributed by atoms with Crippen LogP contribution in [-0.2, 0) is 0 Å². The van der Waals surface area contributed by atoms with E-state index in [4.69, 9.17) is 5.26 Å². The first-order valence-electron chi connectivity index (χ1n) is 7.04. The number of amides is 2. The number of halogens is 3. The summed E-state index contributed by atoms with van der Waals surface area (Å²) < 4.78 is 37.1. The molecular weight excluding hydrogens is 285 g/mol. The van der Waals surface area contributed by atoms with Gasteiger partial charge < -0.3 is 10.2 Å². The second-order valence-corrected chi connectivity index (χ2v) is 5.23. The molecule has 8 heteroatoms. The third kappa shape index (κ3) is 6.67. The molecule has 2 amide bonds. The molecule has 0 aromatic carbocycles. The van der Waals surface area contributed by atoms with Gasteiger partial charge in [0.05, 0.1) is 12.6 Å². The molecule has 1 rings (SSSR count). The molecule has 0 aromatic rings. The number of hydrogen-bond donors (Lipinski definition) is 1. The van der Waals surface area contributed by atoms with Gasteiger partial charge in [-0.3, -0.25) is 4.90 Å². The highest BCUT2D eigenvalue weighted by atomic mass is 19.4. The number of piperazine rings is 1. The number of carbonyl (C=O) groups excluding carboxylic acids is 1. The summed E-state index contributed by atoms with van der Waals surface area (Å²) in [5.74, 6) is 0. The number of rotatable bonds is 5. The van der Waals surface area contributed by atoms with Gasteiger partial charge in [0, 0.05) is 38.6 Å². The number of hydrogen-bond acceptors (Lipinski definition) is 3. The maximum atomic E-state index is 12.4. The quantitative estimate of drug-likeness (QED) is 0.790. The van der Waals surface area contributed by atoms with Gasteiger partial charge in [0.15, 0.2) is 0 Å². The second kappa shape index (κ2) is 8.08. The lowest BCUT2D eigenvalue weighted by molar-refractivity contribution is -0.153. The molecule has 1 aliphatic rings. The fourth-order valence-electron chi connectivity index (χ4n) is 2.28. The Morgan fingerprint density at radius 2 is 2.10 bits per heavy atom. The third-order valence-corrected chi connectivity index (χ3v) is 3.43. The summed E-state index contributed by atoms with van der Waals surface area (Å²) in [5.41, 5.74) is 0. The molecule has 120 valence electrons. The molecule has 0 saturated carbocycles. The molecule has 1 heterocycles. The van der Waals surface area contributed by atoms with Gasteiger partial charge in [0.25, 0.3) is 0 Å². The van der Waals surface area contributed by atoms with Crippen LogP contribution in [0.2, 0.25) is 0 Å². The molecule has 0 bridgehead atoms. The Bertz CT molecular complexity index is 381. The molecule has 1 aliphatic heterocycles. The minimum absolute atomic E-state index is 0.225. The molecule has 1 saturated heterocycles. The predicted octanol–water partition coefficient (Wildman–Crippen LogP) is 1.96. The van der Waals surface area contributed by atoms with E-state index in [0.29, 0.717) is 26.1 Å². The minimum atomic E-state index is -4.21. The highest BCUT2D eigenvalue weighted by Crippen LogP contribution is 2.20. The fourth-order valence-corrected chi connectivity index (χ4v) is 2.28. The first-order valence-corrected chi connectivity index (χ1v) is 7.04. The van der Waals surface area contributed by atoms with E-state index in [2.05, 4.69) is 5.32 Å². The topological polar surface area (TPSA) is 59.4 Å². The Hall–Kier alpha value is -1.49. The molecular formula is C13H21F3N4O. The van der Waals surface area contributed by atoms with E-state index >= 15 is 0 Å². The van der Waals surface area contributed by atoms with Crippen molar-refractivity contribution >= 4 is 6.03 Å². The maximum Gasteiger partial charge on any atom is 0.401 e. The summed E-state index contributed by atoms with van der Waals surface area (Å²) in [6, 6.07) is 1.47. The average Bonchev–Trinajstić information content (AvgIpc) is 2.39. The van der Waals surface area contributed by atoms with E-state index < -0.39 is 12.7 Å². The Labute approximate surface area is 122 Å². The molecule has 1 atom stereocenters. The number of nitrogens with zero attached hydrogens (tertiary/aromatic N) is 3. The van der Waals surface area contributed by atoms with Crippen molar-refractivity contribution in [3.05, 3.63) is 0 Å². The Morgan fingerprint density at radius 1 is 1.38 bits per heavy atom. The van der Waals surface area contributed by atoms with Gasteiger partial charge in [-0.05, 0) is 19.8 Å². The minimum Gasteiger partial charge on any atom is -0.338 e. The van der Waals surface area contributed by atoms with Crippen molar-refractivity contribution < 1.29 is 18.0 Å². The highest BCUT2D eigenvalue weighted by molar-refractivity contribution is 5.74. The molecule has 1 N–H and O–H groups in total. The summed E-state index contributed by atoms with van der Waals surface area (Å²) in [7, 11) is 0. The smallest absolute Gasteiger partial charge is 0.338 e. The normalized spacial score (nSPS) is 20.1. The van der Waals surface area contributed by atoms with E-state index in [1.165, 1.54) is 4.90 Å². The molecule has 0 aromatic heterocycles. The zero-order valence-corrected chi connectivity index (χ0v) is 12.1. The van der Waals surface area contributed by atoms with Crippen LogP contribution in [0.4, 0.5) is 18.0 Å². The number of nitriles is 1. The molecule has 21 heavy (non-hydrogen) atoms. The number of carbonyl (C=O) groups is 1. The Kier molecular flexibility index (Phi) is 6.75. The number of unbranched alkanes of at least 4 members (excludes halogenated alkanes) is 2. The fraction of sp³-hybridized carbons (Fsp3) is 0.846. The van der Waals surface area contributed by atoms with Gasteiger partial charge >= 0.3 is 12.2 Å². The average molecular weight is 306 g/mol. The van der Waals surface area contributed by atoms with Crippen molar-refractivity contribution in [2.24, 2.45) is 0 Å². The van der Waals surface area contributed by atoms with Crippen LogP contribution in [0.15, 0.2) is 0 Å². The summed E-state index contributed by atoms with van der Waals surface area (Å²) in [6.45, 7) is 2.06. The maximum absolute atomic E-state index is 12.4. The number of alkyl halides is 3. The van der Waals surface area contributed by atoms with Crippen molar-refractivity contribution in [2.75, 3.05) is 32.7 Å².